The molecule has 0 radical (unpaired) electrons. The van der Waals surface area contributed by atoms with Gasteiger partial charge in [0.25, 0.3) is 5.91 Å². The molecule has 4 rings (SSSR count). The fourth-order valence-electron chi connectivity index (χ4n) is 3.32. The molecule has 2 N–H and O–H groups in total. The van der Waals surface area contributed by atoms with Gasteiger partial charge in [-0.05, 0) is 50.4 Å². The Kier molecular flexibility index (Phi) is 5.60. The molecule has 27 heavy (non-hydrogen) atoms. The first-order valence-corrected chi connectivity index (χ1v) is 10.2. The van der Waals surface area contributed by atoms with Crippen LogP contribution < -0.4 is 10.6 Å². The lowest BCUT2D eigenvalue weighted by atomic mass is 9.96. The molecule has 1 fully saturated rings. The number of nitrogens with one attached hydrogen (secondary N) is 2. The van der Waals surface area contributed by atoms with Crippen molar-refractivity contribution < 1.29 is 4.79 Å². The summed E-state index contributed by atoms with van der Waals surface area (Å²) in [6.45, 7) is 2.87. The quantitative estimate of drug-likeness (QED) is 0.688. The number of rotatable bonds is 6. The van der Waals surface area contributed by atoms with E-state index in [1.807, 2.05) is 46.6 Å². The third kappa shape index (κ3) is 4.43. The Balaban J connectivity index is 1.35. The first-order valence-electron chi connectivity index (χ1n) is 9.34. The Morgan fingerprint density at radius 2 is 2.22 bits per heavy atom. The van der Waals surface area contributed by atoms with Crippen molar-refractivity contribution in [3.63, 3.8) is 0 Å². The molecule has 0 saturated carbocycles. The predicted octanol–water partition coefficient (Wildman–Crippen LogP) is 3.12. The molecule has 1 amide bonds. The fraction of sp³-hybridized carbons (Fsp3) is 0.350. The number of piperidine rings is 1. The van der Waals surface area contributed by atoms with Gasteiger partial charge in [0.05, 0.1) is 11.9 Å². The molecule has 0 spiro atoms. The molecule has 2 aromatic heterocycles. The first-order chi connectivity index (χ1) is 13.3. The number of para-hydroxylation sites is 1. The zero-order valence-electron chi connectivity index (χ0n) is 15.1. The Hall–Kier alpha value is -2.51. The largest absolute Gasteiger partial charge is 0.351 e. The number of amides is 1. The van der Waals surface area contributed by atoms with E-state index in [2.05, 4.69) is 20.7 Å². The average Bonchev–Trinajstić information content (AvgIpc) is 3.39. The molecular weight excluding hydrogens is 358 g/mol. The van der Waals surface area contributed by atoms with Gasteiger partial charge in [0.2, 0.25) is 0 Å². The summed E-state index contributed by atoms with van der Waals surface area (Å²) < 4.78 is 1.81. The van der Waals surface area contributed by atoms with Crippen LogP contribution in [0.25, 0.3) is 16.3 Å². The van der Waals surface area contributed by atoms with Gasteiger partial charge in [-0.1, -0.05) is 18.2 Å². The number of hydrogen-bond acceptors (Lipinski definition) is 5. The Bertz CT molecular complexity index is 883. The summed E-state index contributed by atoms with van der Waals surface area (Å²) in [5.41, 5.74) is 2.39. The Morgan fingerprint density at radius 3 is 3.04 bits per heavy atom. The number of hydrogen-bond donors (Lipinski definition) is 2. The maximum Gasteiger partial charge on any atom is 0.270 e. The van der Waals surface area contributed by atoms with Crippen molar-refractivity contribution in [3.05, 3.63) is 53.8 Å². The van der Waals surface area contributed by atoms with Gasteiger partial charge in [0.15, 0.2) is 0 Å². The lowest BCUT2D eigenvalue weighted by molar-refractivity contribution is 0.0946. The standard InChI is InChI=1S/C20H23N5OS/c26-19(22-10-8-15-5-4-9-21-11-15)18-14-27-20(24-18)16-12-23-25(13-16)17-6-2-1-3-7-17/h1-3,6-7,12-15,21H,4-5,8-11H2,(H,22,26). The van der Waals surface area contributed by atoms with Gasteiger partial charge in [-0.25, -0.2) is 9.67 Å². The molecule has 1 aliphatic rings. The predicted molar refractivity (Wildman–Crippen MR) is 107 cm³/mol. The number of thiazole rings is 1. The molecule has 1 aromatic carbocycles. The minimum atomic E-state index is -0.100. The number of nitrogens with zero attached hydrogens (tertiary/aromatic N) is 3. The lowest BCUT2D eigenvalue weighted by Gasteiger charge is -2.22. The van der Waals surface area contributed by atoms with Gasteiger partial charge in [-0.15, -0.1) is 11.3 Å². The molecule has 140 valence electrons. The molecule has 0 bridgehead atoms. The van der Waals surface area contributed by atoms with Crippen LogP contribution in [0, 0.1) is 5.92 Å². The highest BCUT2D eigenvalue weighted by atomic mass is 32.1. The van der Waals surface area contributed by atoms with Crippen LogP contribution in [-0.4, -0.2) is 40.3 Å². The number of benzene rings is 1. The van der Waals surface area contributed by atoms with E-state index in [0.29, 0.717) is 18.2 Å². The van der Waals surface area contributed by atoms with Gasteiger partial charge >= 0.3 is 0 Å². The van der Waals surface area contributed by atoms with Crippen molar-refractivity contribution in [2.75, 3.05) is 19.6 Å². The van der Waals surface area contributed by atoms with E-state index in [4.69, 9.17) is 0 Å². The Morgan fingerprint density at radius 1 is 1.33 bits per heavy atom. The number of aromatic nitrogens is 3. The summed E-state index contributed by atoms with van der Waals surface area (Å²) in [5, 5.41) is 13.4. The number of carbonyl (C=O) groups excluding carboxylic acids is 1. The van der Waals surface area contributed by atoms with E-state index in [1.165, 1.54) is 24.2 Å². The molecule has 1 unspecified atom stereocenters. The molecule has 1 atom stereocenters. The van der Waals surface area contributed by atoms with Gasteiger partial charge < -0.3 is 10.6 Å². The maximum absolute atomic E-state index is 12.4. The zero-order chi connectivity index (χ0) is 18.5. The van der Waals surface area contributed by atoms with Crippen LogP contribution in [0.15, 0.2) is 48.1 Å². The van der Waals surface area contributed by atoms with Crippen molar-refractivity contribution in [3.8, 4) is 16.3 Å². The smallest absolute Gasteiger partial charge is 0.270 e. The normalized spacial score (nSPS) is 17.0. The molecular formula is C20H23N5OS. The second-order valence-corrected chi connectivity index (χ2v) is 7.66. The van der Waals surface area contributed by atoms with Crippen molar-refractivity contribution in [2.24, 2.45) is 5.92 Å². The van der Waals surface area contributed by atoms with Crippen molar-refractivity contribution in [1.82, 2.24) is 25.4 Å². The molecule has 7 heteroatoms. The highest BCUT2D eigenvalue weighted by Crippen LogP contribution is 2.24. The van der Waals surface area contributed by atoms with Crippen LogP contribution in [0.5, 0.6) is 0 Å². The summed E-state index contributed by atoms with van der Waals surface area (Å²) in [4.78, 5) is 16.8. The molecule has 3 heterocycles. The van der Waals surface area contributed by atoms with Crippen molar-refractivity contribution >= 4 is 17.2 Å². The van der Waals surface area contributed by atoms with Gasteiger partial charge in [0.1, 0.15) is 10.7 Å². The van der Waals surface area contributed by atoms with E-state index in [9.17, 15) is 4.79 Å². The summed E-state index contributed by atoms with van der Waals surface area (Å²) in [6, 6.07) is 9.93. The minimum Gasteiger partial charge on any atom is -0.351 e. The van der Waals surface area contributed by atoms with Crippen LogP contribution in [0.2, 0.25) is 0 Å². The monoisotopic (exact) mass is 381 g/mol. The summed E-state index contributed by atoms with van der Waals surface area (Å²) in [5.74, 6) is 0.561. The van der Waals surface area contributed by atoms with E-state index in [1.54, 1.807) is 6.20 Å². The van der Waals surface area contributed by atoms with Crippen LogP contribution in [0.4, 0.5) is 0 Å². The topological polar surface area (TPSA) is 71.8 Å². The highest BCUT2D eigenvalue weighted by molar-refractivity contribution is 7.13. The van der Waals surface area contributed by atoms with E-state index in [0.717, 1.165) is 35.8 Å². The van der Waals surface area contributed by atoms with Crippen LogP contribution in [0.3, 0.4) is 0 Å². The molecule has 1 saturated heterocycles. The second kappa shape index (κ2) is 8.45. The third-order valence-electron chi connectivity index (χ3n) is 4.82. The summed E-state index contributed by atoms with van der Waals surface area (Å²) in [6.07, 6.45) is 7.20. The van der Waals surface area contributed by atoms with Crippen LogP contribution >= 0.6 is 11.3 Å². The summed E-state index contributed by atoms with van der Waals surface area (Å²) in [7, 11) is 0. The minimum absolute atomic E-state index is 0.100. The second-order valence-electron chi connectivity index (χ2n) is 6.80. The van der Waals surface area contributed by atoms with Crippen LogP contribution in [-0.2, 0) is 0 Å². The van der Waals surface area contributed by atoms with E-state index >= 15 is 0 Å². The zero-order valence-corrected chi connectivity index (χ0v) is 15.9. The van der Waals surface area contributed by atoms with Gasteiger partial charge in [0, 0.05) is 23.7 Å². The molecule has 0 aliphatic carbocycles. The first kappa shape index (κ1) is 17.9. The average molecular weight is 382 g/mol. The number of carbonyl (C=O) groups is 1. The lowest BCUT2D eigenvalue weighted by Crippen LogP contribution is -2.33. The Labute approximate surface area is 162 Å². The molecule has 6 nitrogen and oxygen atoms in total. The van der Waals surface area contributed by atoms with Crippen molar-refractivity contribution in [1.29, 1.82) is 0 Å². The summed E-state index contributed by atoms with van der Waals surface area (Å²) >= 11 is 1.47. The molecule has 3 aromatic rings. The molecule has 1 aliphatic heterocycles. The van der Waals surface area contributed by atoms with Crippen LogP contribution in [0.1, 0.15) is 29.8 Å². The van der Waals surface area contributed by atoms with Crippen molar-refractivity contribution in [2.45, 2.75) is 19.3 Å². The van der Waals surface area contributed by atoms with E-state index < -0.39 is 0 Å². The fourth-order valence-corrected chi connectivity index (χ4v) is 4.09. The van der Waals surface area contributed by atoms with Gasteiger partial charge in [-0.3, -0.25) is 4.79 Å². The van der Waals surface area contributed by atoms with E-state index in [-0.39, 0.29) is 5.91 Å². The highest BCUT2D eigenvalue weighted by Gasteiger charge is 2.15. The SMILES string of the molecule is O=C(NCCC1CCCNC1)c1csc(-c2cnn(-c3ccccc3)c2)n1. The maximum atomic E-state index is 12.4. The third-order valence-corrected chi connectivity index (χ3v) is 5.72. The van der Waals surface area contributed by atoms with Gasteiger partial charge in [-0.2, -0.15) is 5.10 Å².